The summed E-state index contributed by atoms with van der Waals surface area (Å²) in [7, 11) is -9.83. The number of carbonyl (C=O) groups excluding carboxylic acids is 3. The van der Waals surface area contributed by atoms with Gasteiger partial charge in [0.05, 0.1) is 26.4 Å². The number of ether oxygens (including phenoxy) is 3. The van der Waals surface area contributed by atoms with Crippen molar-refractivity contribution in [3.63, 3.8) is 0 Å². The van der Waals surface area contributed by atoms with Crippen molar-refractivity contribution in [2.45, 2.75) is 232 Å². The van der Waals surface area contributed by atoms with Gasteiger partial charge >= 0.3 is 33.6 Å². The largest absolute Gasteiger partial charge is 0.472 e. The molecule has 5 atom stereocenters. The van der Waals surface area contributed by atoms with Gasteiger partial charge in [0.15, 0.2) is 6.10 Å². The Morgan fingerprint density at radius 3 is 1.01 bits per heavy atom. The maximum Gasteiger partial charge on any atom is 0.472 e. The van der Waals surface area contributed by atoms with Gasteiger partial charge in [0, 0.05) is 19.3 Å². The Labute approximate surface area is 548 Å². The van der Waals surface area contributed by atoms with E-state index in [4.69, 9.17) is 32.3 Å². The number of esters is 3. The second kappa shape index (κ2) is 65.0. The van der Waals surface area contributed by atoms with Crippen molar-refractivity contribution in [3.8, 4) is 0 Å². The molecule has 0 amide bonds. The lowest BCUT2D eigenvalue weighted by Gasteiger charge is -2.21. The van der Waals surface area contributed by atoms with Gasteiger partial charge in [0.25, 0.3) is 0 Å². The maximum atomic E-state index is 12.9. The van der Waals surface area contributed by atoms with E-state index in [1.54, 1.807) is 0 Å². The molecule has 0 spiro atoms. The van der Waals surface area contributed by atoms with Gasteiger partial charge in [-0.15, -0.1) is 0 Å². The highest BCUT2D eigenvalue weighted by molar-refractivity contribution is 7.47. The lowest BCUT2D eigenvalue weighted by atomic mass is 10.1. The van der Waals surface area contributed by atoms with Crippen LogP contribution in [0.1, 0.15) is 213 Å². The van der Waals surface area contributed by atoms with Crippen LogP contribution in [0.4, 0.5) is 0 Å². The molecule has 5 unspecified atom stereocenters. The summed E-state index contributed by atoms with van der Waals surface area (Å²) < 4.78 is 60.7. The predicted octanol–water partition coefficient (Wildman–Crippen LogP) is 18.5. The number of hydrogen-bond acceptors (Lipinski definition) is 14. The molecule has 0 aliphatic rings. The topological polar surface area (TPSA) is 231 Å². The van der Waals surface area contributed by atoms with Gasteiger partial charge in [-0.05, 0) is 141 Å². The van der Waals surface area contributed by atoms with Gasteiger partial charge in [0.1, 0.15) is 25.4 Å². The zero-order chi connectivity index (χ0) is 66.7. The van der Waals surface area contributed by atoms with Crippen LogP contribution in [0.5, 0.6) is 0 Å². The van der Waals surface area contributed by atoms with Gasteiger partial charge in [-0.25, -0.2) is 9.13 Å². The molecule has 16 nitrogen and oxygen atoms in total. The van der Waals surface area contributed by atoms with Crippen molar-refractivity contribution >= 4 is 33.6 Å². The molecule has 0 aliphatic heterocycles. The van der Waals surface area contributed by atoms with Gasteiger partial charge in [0.2, 0.25) is 0 Å². The van der Waals surface area contributed by atoms with Crippen molar-refractivity contribution in [3.05, 3.63) is 170 Å². The molecule has 0 bridgehead atoms. The average molecular weight is 1310 g/mol. The quantitative estimate of drug-likeness (QED) is 0.0146. The van der Waals surface area contributed by atoms with Crippen molar-refractivity contribution in [1.82, 2.24) is 0 Å². The van der Waals surface area contributed by atoms with E-state index in [2.05, 4.69) is 173 Å². The van der Waals surface area contributed by atoms with E-state index in [0.717, 1.165) is 128 Å². The summed E-state index contributed by atoms with van der Waals surface area (Å²) in [5, 5.41) is 20.5. The normalized spacial score (nSPS) is 15.3. The number of phosphoric acid groups is 2. The summed E-state index contributed by atoms with van der Waals surface area (Å²) in [4.78, 5) is 58.3. The molecule has 0 saturated heterocycles. The zero-order valence-corrected chi connectivity index (χ0v) is 57.2. The molecule has 91 heavy (non-hydrogen) atoms. The Hall–Kier alpha value is -5.09. The number of rotatable bonds is 61. The molecule has 0 radical (unpaired) electrons. The van der Waals surface area contributed by atoms with Crippen LogP contribution in [0.2, 0.25) is 0 Å². The zero-order valence-electron chi connectivity index (χ0n) is 55.4. The minimum atomic E-state index is -4.95. The molecule has 0 fully saturated rings. The van der Waals surface area contributed by atoms with E-state index in [-0.39, 0.29) is 19.3 Å². The summed E-state index contributed by atoms with van der Waals surface area (Å²) in [5.41, 5.74) is 0. The first-order chi connectivity index (χ1) is 44.2. The minimum absolute atomic E-state index is 0.0345. The monoisotopic (exact) mass is 1310 g/mol. The predicted molar refractivity (Wildman–Crippen MR) is 371 cm³/mol. The van der Waals surface area contributed by atoms with E-state index in [1.807, 2.05) is 18.2 Å². The lowest BCUT2D eigenvalue weighted by Crippen LogP contribution is -2.30. The first kappa shape index (κ1) is 85.9. The highest BCUT2D eigenvalue weighted by Crippen LogP contribution is 2.45. The second-order valence-electron chi connectivity index (χ2n) is 21.5. The van der Waals surface area contributed by atoms with E-state index in [9.17, 15) is 43.5 Å². The maximum absolute atomic E-state index is 12.9. The number of aliphatic hydroxyl groups excluding tert-OH is 2. The van der Waals surface area contributed by atoms with E-state index >= 15 is 0 Å². The number of carbonyl (C=O) groups is 3. The Bertz CT molecular complexity index is 2340. The van der Waals surface area contributed by atoms with Gasteiger partial charge < -0.3 is 34.2 Å². The molecule has 0 aromatic heterocycles. The number of phosphoric ester groups is 2. The Balaban J connectivity index is 4.81. The van der Waals surface area contributed by atoms with Crippen LogP contribution in [0.3, 0.4) is 0 Å². The summed E-state index contributed by atoms with van der Waals surface area (Å²) in [6, 6.07) is 0. The SMILES string of the molecule is CC/C=C\C/C=C\C/C=C\C/C=C\C/C=C\C/C=C\CCCCC(=O)OCC(O)COP(=O)(O)OCC(O)COP(=O)(O)OCC(COC(=O)CC/C=C\C/C=C\C/C=C\C/C=C\C/C=C\C/C=C\CC)OC(=O)CCCCCCC/C=C\C/C=C\CCCCC. The third kappa shape index (κ3) is 66.2. The number of aliphatic hydroxyl groups is 2. The van der Waals surface area contributed by atoms with E-state index in [0.29, 0.717) is 25.7 Å². The number of hydrogen-bond donors (Lipinski definition) is 4. The van der Waals surface area contributed by atoms with Gasteiger partial charge in [-0.3, -0.25) is 32.5 Å². The molecular formula is C73H116O16P2. The summed E-state index contributed by atoms with van der Waals surface area (Å²) in [6.07, 6.45) is 80.0. The second-order valence-corrected chi connectivity index (χ2v) is 24.4. The Morgan fingerprint density at radius 2 is 0.604 bits per heavy atom. The Morgan fingerprint density at radius 1 is 0.319 bits per heavy atom. The molecule has 0 aromatic rings. The van der Waals surface area contributed by atoms with Crippen LogP contribution in [0.15, 0.2) is 170 Å². The fourth-order valence-corrected chi connectivity index (χ4v) is 9.45. The number of allylic oxidation sites excluding steroid dienone is 28. The molecule has 4 N–H and O–H groups in total. The van der Waals surface area contributed by atoms with Crippen LogP contribution >= 0.6 is 15.6 Å². The van der Waals surface area contributed by atoms with Crippen LogP contribution in [-0.4, -0.2) is 95.9 Å². The first-order valence-electron chi connectivity index (χ1n) is 33.4. The molecule has 0 saturated carbocycles. The highest BCUT2D eigenvalue weighted by Gasteiger charge is 2.29. The standard InChI is InChI=1S/C73H116O16P2/c1-4-7-10-13-16-19-22-25-28-30-32-33-35-37-39-41-44-47-50-53-56-59-71(76)83-62-68(74)63-85-90(79,80)86-64-69(75)65-87-91(81,82)88-67-70(89-73(78)61-58-55-52-49-46-43-38-27-24-21-18-15-12-9-6-3)66-84-72(77)60-57-54-51-48-45-42-40-36-34-31-29-26-23-20-17-14-11-8-5-2/h7-8,10-11,16-21,25-29,32-34,36-39,42,44-45,47,51,54,68-70,74-75H,4-6,9,12-15,22-24,30-31,35,40-41,43,46,48-50,52-53,55-67H2,1-3H3,(H,79,80)(H,81,82)/b10-7-,11-8-,19-16-,20-17-,21-18-,28-25-,29-26-,33-32-,36-34-,38-27-,39-37-,45-42-,47-44-,54-51-. The van der Waals surface area contributed by atoms with Crippen LogP contribution < -0.4 is 0 Å². The smallest absolute Gasteiger partial charge is 0.463 e. The highest BCUT2D eigenvalue weighted by atomic mass is 31.2. The fourth-order valence-electron chi connectivity index (χ4n) is 7.86. The van der Waals surface area contributed by atoms with Gasteiger partial charge in [-0.2, -0.15) is 0 Å². The van der Waals surface area contributed by atoms with Crippen LogP contribution in [0.25, 0.3) is 0 Å². The molecule has 514 valence electrons. The third-order valence-electron chi connectivity index (χ3n) is 12.9. The minimum Gasteiger partial charge on any atom is -0.463 e. The summed E-state index contributed by atoms with van der Waals surface area (Å²) in [5.74, 6) is -1.75. The Kier molecular flexibility index (Phi) is 61.4. The molecule has 0 aromatic carbocycles. The molecule has 0 heterocycles. The summed E-state index contributed by atoms with van der Waals surface area (Å²) in [6.45, 7) is 2.21. The van der Waals surface area contributed by atoms with Crippen molar-refractivity contribution in [2.24, 2.45) is 0 Å². The first-order valence-corrected chi connectivity index (χ1v) is 36.4. The van der Waals surface area contributed by atoms with E-state index < -0.39 is 91.5 Å². The van der Waals surface area contributed by atoms with Gasteiger partial charge in [-0.1, -0.05) is 223 Å². The molecule has 0 aliphatic carbocycles. The van der Waals surface area contributed by atoms with Crippen molar-refractivity contribution < 1.29 is 75.8 Å². The molecule has 0 rings (SSSR count). The molecular weight excluding hydrogens is 1190 g/mol. The third-order valence-corrected chi connectivity index (χ3v) is 14.8. The van der Waals surface area contributed by atoms with Crippen LogP contribution in [-0.2, 0) is 55.8 Å². The van der Waals surface area contributed by atoms with Crippen LogP contribution in [0, 0.1) is 0 Å². The average Bonchev–Trinajstić information content (AvgIpc) is 3.09. The van der Waals surface area contributed by atoms with Crippen molar-refractivity contribution in [2.75, 3.05) is 39.6 Å². The lowest BCUT2D eigenvalue weighted by molar-refractivity contribution is -0.161. The van der Waals surface area contributed by atoms with E-state index in [1.165, 1.54) is 19.3 Å². The number of unbranched alkanes of at least 4 members (excludes halogenated alkanes) is 10. The molecule has 18 heteroatoms. The van der Waals surface area contributed by atoms with Crippen molar-refractivity contribution in [1.29, 1.82) is 0 Å². The fraction of sp³-hybridized carbons (Fsp3) is 0.575. The summed E-state index contributed by atoms with van der Waals surface area (Å²) >= 11 is 0.